The lowest BCUT2D eigenvalue weighted by Crippen LogP contribution is -2.43. The number of halogens is 2. The summed E-state index contributed by atoms with van der Waals surface area (Å²) in [6, 6.07) is 8.19. The van der Waals surface area contributed by atoms with Crippen molar-refractivity contribution in [1.29, 1.82) is 0 Å². The van der Waals surface area contributed by atoms with Gasteiger partial charge in [0.2, 0.25) is 0 Å². The van der Waals surface area contributed by atoms with Crippen molar-refractivity contribution in [2.45, 2.75) is 0 Å². The SMILES string of the molecule is COc1ccc(Cl)cc1NC(=S)NNC(=O)c1ccc(Br)o1. The van der Waals surface area contributed by atoms with Crippen molar-refractivity contribution in [2.75, 3.05) is 12.4 Å². The van der Waals surface area contributed by atoms with E-state index in [-0.39, 0.29) is 10.9 Å². The van der Waals surface area contributed by atoms with Gasteiger partial charge < -0.3 is 14.5 Å². The molecule has 0 saturated carbocycles. The van der Waals surface area contributed by atoms with Crippen LogP contribution >= 0.6 is 39.7 Å². The third-order valence-electron chi connectivity index (χ3n) is 2.50. The van der Waals surface area contributed by atoms with E-state index in [1.807, 2.05) is 0 Å². The summed E-state index contributed by atoms with van der Waals surface area (Å²) < 4.78 is 10.8. The molecular weight excluding hydrogens is 394 g/mol. The number of thiocarbonyl (C=S) groups is 1. The molecule has 1 heterocycles. The number of rotatable bonds is 3. The number of ether oxygens (including phenoxy) is 1. The maximum Gasteiger partial charge on any atom is 0.305 e. The first-order valence-electron chi connectivity index (χ1n) is 5.96. The van der Waals surface area contributed by atoms with Crippen LogP contribution in [0.25, 0.3) is 0 Å². The van der Waals surface area contributed by atoms with Gasteiger partial charge >= 0.3 is 5.91 Å². The molecule has 116 valence electrons. The number of carbonyl (C=O) groups excluding carboxylic acids is 1. The number of carbonyl (C=O) groups is 1. The zero-order chi connectivity index (χ0) is 16.1. The van der Waals surface area contributed by atoms with Crippen LogP contribution in [0.4, 0.5) is 5.69 Å². The van der Waals surface area contributed by atoms with Crippen molar-refractivity contribution in [3.05, 3.63) is 45.8 Å². The minimum absolute atomic E-state index is 0.141. The lowest BCUT2D eigenvalue weighted by Gasteiger charge is -2.13. The lowest BCUT2D eigenvalue weighted by molar-refractivity contribution is 0.0915. The largest absolute Gasteiger partial charge is 0.495 e. The summed E-state index contributed by atoms with van der Waals surface area (Å²) in [5.74, 6) is 0.241. The minimum Gasteiger partial charge on any atom is -0.495 e. The Morgan fingerprint density at radius 1 is 1.32 bits per heavy atom. The van der Waals surface area contributed by atoms with Gasteiger partial charge in [0.05, 0.1) is 12.8 Å². The van der Waals surface area contributed by atoms with Gasteiger partial charge in [-0.15, -0.1) is 0 Å². The van der Waals surface area contributed by atoms with Crippen molar-refractivity contribution < 1.29 is 13.9 Å². The average Bonchev–Trinajstić information content (AvgIpc) is 2.92. The first-order chi connectivity index (χ1) is 10.5. The Bertz CT molecular complexity index is 708. The van der Waals surface area contributed by atoms with Crippen molar-refractivity contribution in [1.82, 2.24) is 10.9 Å². The Labute approximate surface area is 145 Å². The van der Waals surface area contributed by atoms with E-state index >= 15 is 0 Å². The van der Waals surface area contributed by atoms with Crippen LogP contribution in [-0.4, -0.2) is 18.1 Å². The number of hydrogen-bond donors (Lipinski definition) is 3. The first kappa shape index (κ1) is 16.6. The standard InChI is InChI=1S/C13H11BrClN3O3S/c1-20-9-3-2-7(15)6-8(9)16-13(22)18-17-12(19)10-4-5-11(14)21-10/h2-6H,1H3,(H,17,19)(H2,16,18,22). The van der Waals surface area contributed by atoms with E-state index in [0.717, 1.165) is 0 Å². The molecule has 2 rings (SSSR count). The third-order valence-corrected chi connectivity index (χ3v) is 3.36. The van der Waals surface area contributed by atoms with Gasteiger partial charge in [0, 0.05) is 5.02 Å². The number of amides is 1. The number of methoxy groups -OCH3 is 1. The molecule has 0 bridgehead atoms. The molecule has 9 heteroatoms. The second-order valence-corrected chi connectivity index (χ2v) is 5.61. The van der Waals surface area contributed by atoms with Gasteiger partial charge in [-0.05, 0) is 58.5 Å². The quantitative estimate of drug-likeness (QED) is 0.538. The van der Waals surface area contributed by atoms with Gasteiger partial charge in [-0.1, -0.05) is 11.6 Å². The lowest BCUT2D eigenvalue weighted by atomic mass is 10.3. The molecule has 0 atom stereocenters. The highest BCUT2D eigenvalue weighted by Crippen LogP contribution is 2.27. The van der Waals surface area contributed by atoms with E-state index < -0.39 is 5.91 Å². The summed E-state index contributed by atoms with van der Waals surface area (Å²) in [6.07, 6.45) is 0. The van der Waals surface area contributed by atoms with Crippen molar-refractivity contribution in [3.63, 3.8) is 0 Å². The zero-order valence-corrected chi connectivity index (χ0v) is 14.4. The predicted molar refractivity (Wildman–Crippen MR) is 91.2 cm³/mol. The summed E-state index contributed by atoms with van der Waals surface area (Å²) in [6.45, 7) is 0. The molecule has 0 unspecified atom stereocenters. The molecule has 0 aliphatic carbocycles. The summed E-state index contributed by atoms with van der Waals surface area (Å²) >= 11 is 14.1. The van der Waals surface area contributed by atoms with Crippen LogP contribution < -0.4 is 20.9 Å². The van der Waals surface area contributed by atoms with Crippen LogP contribution in [0.2, 0.25) is 5.02 Å². The monoisotopic (exact) mass is 403 g/mol. The molecule has 1 aromatic heterocycles. The average molecular weight is 405 g/mol. The third kappa shape index (κ3) is 4.36. The van der Waals surface area contributed by atoms with Crippen molar-refractivity contribution in [2.24, 2.45) is 0 Å². The van der Waals surface area contributed by atoms with Crippen LogP contribution in [0.5, 0.6) is 5.75 Å². The number of anilines is 1. The number of hydrogen-bond acceptors (Lipinski definition) is 4. The molecular formula is C13H11BrClN3O3S. The highest BCUT2D eigenvalue weighted by molar-refractivity contribution is 9.10. The van der Waals surface area contributed by atoms with E-state index in [2.05, 4.69) is 32.1 Å². The molecule has 0 spiro atoms. The molecule has 0 saturated heterocycles. The maximum absolute atomic E-state index is 11.8. The van der Waals surface area contributed by atoms with Crippen LogP contribution in [0.1, 0.15) is 10.6 Å². The topological polar surface area (TPSA) is 75.5 Å². The zero-order valence-electron chi connectivity index (χ0n) is 11.3. The van der Waals surface area contributed by atoms with Gasteiger partial charge in [0.25, 0.3) is 0 Å². The van der Waals surface area contributed by atoms with Crippen LogP contribution in [0.15, 0.2) is 39.4 Å². The molecule has 1 amide bonds. The van der Waals surface area contributed by atoms with E-state index in [1.165, 1.54) is 13.2 Å². The van der Waals surface area contributed by atoms with E-state index in [4.69, 9.17) is 33.0 Å². The van der Waals surface area contributed by atoms with Gasteiger partial charge in [-0.3, -0.25) is 15.6 Å². The highest BCUT2D eigenvalue weighted by Gasteiger charge is 2.11. The smallest absolute Gasteiger partial charge is 0.305 e. The second kappa shape index (κ2) is 7.48. The van der Waals surface area contributed by atoms with Gasteiger partial charge in [0.15, 0.2) is 15.5 Å². The Balaban J connectivity index is 1.93. The van der Waals surface area contributed by atoms with Crippen LogP contribution in [-0.2, 0) is 0 Å². The molecule has 22 heavy (non-hydrogen) atoms. The minimum atomic E-state index is -0.465. The number of hydrazine groups is 1. The fourth-order valence-electron chi connectivity index (χ4n) is 1.54. The van der Waals surface area contributed by atoms with Crippen LogP contribution in [0.3, 0.4) is 0 Å². The van der Waals surface area contributed by atoms with Gasteiger partial charge in [0.1, 0.15) is 5.75 Å². The fraction of sp³-hybridized carbons (Fsp3) is 0.0769. The molecule has 3 N–H and O–H groups in total. The summed E-state index contributed by atoms with van der Waals surface area (Å²) in [5, 5.41) is 3.56. The Morgan fingerprint density at radius 2 is 2.09 bits per heavy atom. The molecule has 0 aliphatic rings. The Hall–Kier alpha value is -1.77. The highest BCUT2D eigenvalue weighted by atomic mass is 79.9. The predicted octanol–water partition coefficient (Wildman–Crippen LogP) is 3.34. The van der Waals surface area contributed by atoms with E-state index in [0.29, 0.717) is 21.1 Å². The summed E-state index contributed by atoms with van der Waals surface area (Å²) in [5.41, 5.74) is 5.53. The van der Waals surface area contributed by atoms with Gasteiger partial charge in [-0.2, -0.15) is 0 Å². The number of benzene rings is 1. The number of furan rings is 1. The first-order valence-corrected chi connectivity index (χ1v) is 7.53. The molecule has 6 nitrogen and oxygen atoms in total. The summed E-state index contributed by atoms with van der Waals surface area (Å²) in [7, 11) is 1.53. The van der Waals surface area contributed by atoms with Crippen molar-refractivity contribution in [3.8, 4) is 5.75 Å². The molecule has 1 aromatic carbocycles. The maximum atomic E-state index is 11.8. The molecule has 0 aliphatic heterocycles. The normalized spacial score (nSPS) is 9.95. The van der Waals surface area contributed by atoms with E-state index in [9.17, 15) is 4.79 Å². The fourth-order valence-corrected chi connectivity index (χ4v) is 2.18. The molecule has 0 radical (unpaired) electrons. The Morgan fingerprint density at radius 3 is 2.73 bits per heavy atom. The van der Waals surface area contributed by atoms with Crippen LogP contribution in [0, 0.1) is 0 Å². The molecule has 0 fully saturated rings. The van der Waals surface area contributed by atoms with Gasteiger partial charge in [-0.25, -0.2) is 0 Å². The second-order valence-electron chi connectivity index (χ2n) is 3.98. The Kier molecular flexibility index (Phi) is 5.64. The number of nitrogens with one attached hydrogen (secondary N) is 3. The van der Waals surface area contributed by atoms with E-state index in [1.54, 1.807) is 24.3 Å². The van der Waals surface area contributed by atoms with Crippen molar-refractivity contribution >= 4 is 56.5 Å². The molecule has 2 aromatic rings. The summed E-state index contributed by atoms with van der Waals surface area (Å²) in [4.78, 5) is 11.8.